The Morgan fingerprint density at radius 1 is 1.16 bits per heavy atom. The van der Waals surface area contributed by atoms with Crippen LogP contribution in [0.3, 0.4) is 0 Å². The Bertz CT molecular complexity index is 615. The number of carbonyl (C=O) groups is 2. The van der Waals surface area contributed by atoms with Crippen LogP contribution < -0.4 is 5.32 Å². The molecule has 0 atom stereocenters. The molecule has 0 aromatic heterocycles. The van der Waals surface area contributed by atoms with Crippen molar-refractivity contribution in [2.45, 2.75) is 39.2 Å². The Morgan fingerprint density at radius 2 is 1.72 bits per heavy atom. The Balaban J connectivity index is 1.78. The van der Waals surface area contributed by atoms with Crippen molar-refractivity contribution < 1.29 is 14.3 Å². The van der Waals surface area contributed by atoms with E-state index in [4.69, 9.17) is 27.9 Å². The predicted molar refractivity (Wildman–Crippen MR) is 99.3 cm³/mol. The Kier molecular flexibility index (Phi) is 6.58. The van der Waals surface area contributed by atoms with E-state index < -0.39 is 5.60 Å². The standard InChI is InChI=1S/C18H24Cl2N2O3/c1-18(2,3)25-17(24)22-6-4-12(5-7-22)11-21-16(23)13-8-14(19)10-15(20)9-13/h8-10,12H,4-7,11H2,1-3H3,(H,21,23). The zero-order valence-corrected chi connectivity index (χ0v) is 16.3. The second-order valence-corrected chi connectivity index (χ2v) is 8.15. The fourth-order valence-corrected chi connectivity index (χ4v) is 3.20. The minimum Gasteiger partial charge on any atom is -0.444 e. The van der Waals surface area contributed by atoms with E-state index in [-0.39, 0.29) is 12.0 Å². The molecule has 1 aliphatic heterocycles. The van der Waals surface area contributed by atoms with Crippen LogP contribution >= 0.6 is 23.2 Å². The molecule has 0 aliphatic carbocycles. The summed E-state index contributed by atoms with van der Waals surface area (Å²) < 4.78 is 5.38. The van der Waals surface area contributed by atoms with Crippen LogP contribution in [0.2, 0.25) is 10.0 Å². The third kappa shape index (κ3) is 6.40. The van der Waals surface area contributed by atoms with Crippen LogP contribution in [-0.4, -0.2) is 42.1 Å². The number of hydrogen-bond donors (Lipinski definition) is 1. The van der Waals surface area contributed by atoms with E-state index in [2.05, 4.69) is 5.32 Å². The van der Waals surface area contributed by atoms with Gasteiger partial charge in [-0.1, -0.05) is 23.2 Å². The number of likely N-dealkylation sites (tertiary alicyclic amines) is 1. The molecule has 1 saturated heterocycles. The molecule has 7 heteroatoms. The predicted octanol–water partition coefficient (Wildman–Crippen LogP) is 4.37. The van der Waals surface area contributed by atoms with Crippen molar-refractivity contribution in [3.63, 3.8) is 0 Å². The highest BCUT2D eigenvalue weighted by Crippen LogP contribution is 2.21. The summed E-state index contributed by atoms with van der Waals surface area (Å²) in [5, 5.41) is 3.78. The van der Waals surface area contributed by atoms with Crippen LogP contribution in [0.1, 0.15) is 44.0 Å². The lowest BCUT2D eigenvalue weighted by atomic mass is 9.97. The average molecular weight is 387 g/mol. The molecule has 1 aromatic rings. The molecule has 1 aromatic carbocycles. The van der Waals surface area contributed by atoms with Crippen molar-refractivity contribution in [3.8, 4) is 0 Å². The number of hydrogen-bond acceptors (Lipinski definition) is 3. The summed E-state index contributed by atoms with van der Waals surface area (Å²) in [6, 6.07) is 4.77. The van der Waals surface area contributed by atoms with Gasteiger partial charge in [0.1, 0.15) is 5.60 Å². The van der Waals surface area contributed by atoms with E-state index in [0.717, 1.165) is 12.8 Å². The van der Waals surface area contributed by atoms with Gasteiger partial charge in [-0.05, 0) is 57.7 Å². The van der Waals surface area contributed by atoms with Crippen LogP contribution in [0.25, 0.3) is 0 Å². The highest BCUT2D eigenvalue weighted by atomic mass is 35.5. The van der Waals surface area contributed by atoms with Crippen molar-refractivity contribution in [1.29, 1.82) is 0 Å². The normalized spacial score (nSPS) is 15.8. The molecular weight excluding hydrogens is 363 g/mol. The highest BCUT2D eigenvalue weighted by molar-refractivity contribution is 6.35. The summed E-state index contributed by atoms with van der Waals surface area (Å²) in [6.45, 7) is 7.40. The summed E-state index contributed by atoms with van der Waals surface area (Å²) in [4.78, 5) is 26.0. The molecule has 2 rings (SSSR count). The number of amides is 2. The Morgan fingerprint density at radius 3 is 2.24 bits per heavy atom. The van der Waals surface area contributed by atoms with Gasteiger partial charge in [-0.2, -0.15) is 0 Å². The molecule has 138 valence electrons. The van der Waals surface area contributed by atoms with Gasteiger partial charge in [0.2, 0.25) is 0 Å². The van der Waals surface area contributed by atoms with Gasteiger partial charge >= 0.3 is 6.09 Å². The third-order valence-corrected chi connectivity index (χ3v) is 4.38. The first-order valence-electron chi connectivity index (χ1n) is 8.36. The minimum atomic E-state index is -0.486. The quantitative estimate of drug-likeness (QED) is 0.838. The molecule has 25 heavy (non-hydrogen) atoms. The summed E-state index contributed by atoms with van der Waals surface area (Å²) in [6.07, 6.45) is 1.38. The number of piperidine rings is 1. The number of ether oxygens (including phenoxy) is 1. The SMILES string of the molecule is CC(C)(C)OC(=O)N1CCC(CNC(=O)c2cc(Cl)cc(Cl)c2)CC1. The maximum atomic E-state index is 12.2. The van der Waals surface area contributed by atoms with Crippen molar-refractivity contribution in [2.24, 2.45) is 5.92 Å². The maximum Gasteiger partial charge on any atom is 0.410 e. The maximum absolute atomic E-state index is 12.2. The van der Waals surface area contributed by atoms with Crippen molar-refractivity contribution in [2.75, 3.05) is 19.6 Å². The summed E-state index contributed by atoms with van der Waals surface area (Å²) in [5.74, 6) is 0.135. The summed E-state index contributed by atoms with van der Waals surface area (Å²) >= 11 is 11.8. The van der Waals surface area contributed by atoms with Gasteiger partial charge in [-0.25, -0.2) is 4.79 Å². The van der Waals surface area contributed by atoms with Crippen LogP contribution in [0.4, 0.5) is 4.79 Å². The topological polar surface area (TPSA) is 58.6 Å². The molecule has 0 bridgehead atoms. The average Bonchev–Trinajstić information content (AvgIpc) is 2.50. The second kappa shape index (κ2) is 8.28. The minimum absolute atomic E-state index is 0.195. The van der Waals surface area contributed by atoms with Crippen LogP contribution in [-0.2, 0) is 4.74 Å². The molecule has 0 saturated carbocycles. The van der Waals surface area contributed by atoms with Crippen LogP contribution in [0.15, 0.2) is 18.2 Å². The Labute approximate surface area is 158 Å². The first kappa shape index (κ1) is 19.9. The van der Waals surface area contributed by atoms with E-state index in [9.17, 15) is 9.59 Å². The molecule has 5 nitrogen and oxygen atoms in total. The molecule has 2 amide bonds. The number of rotatable bonds is 3. The fraction of sp³-hybridized carbons (Fsp3) is 0.556. The van der Waals surface area contributed by atoms with E-state index in [1.807, 2.05) is 20.8 Å². The fourth-order valence-electron chi connectivity index (χ4n) is 2.67. The van der Waals surface area contributed by atoms with Gasteiger partial charge in [-0.15, -0.1) is 0 Å². The lowest BCUT2D eigenvalue weighted by Gasteiger charge is -2.33. The lowest BCUT2D eigenvalue weighted by Crippen LogP contribution is -2.43. The molecule has 1 heterocycles. The monoisotopic (exact) mass is 386 g/mol. The first-order chi connectivity index (χ1) is 11.6. The highest BCUT2D eigenvalue weighted by Gasteiger charge is 2.27. The molecule has 1 N–H and O–H groups in total. The molecular formula is C18H24Cl2N2O3. The van der Waals surface area contributed by atoms with Gasteiger partial charge in [0.25, 0.3) is 5.91 Å². The Hall–Kier alpha value is -1.46. The van der Waals surface area contributed by atoms with Gasteiger partial charge < -0.3 is 15.0 Å². The number of nitrogens with one attached hydrogen (secondary N) is 1. The van der Waals surface area contributed by atoms with E-state index in [1.165, 1.54) is 0 Å². The smallest absolute Gasteiger partial charge is 0.410 e. The molecule has 1 fully saturated rings. The van der Waals surface area contributed by atoms with E-state index in [0.29, 0.717) is 41.2 Å². The molecule has 0 radical (unpaired) electrons. The van der Waals surface area contributed by atoms with Gasteiger partial charge in [0.05, 0.1) is 0 Å². The zero-order chi connectivity index (χ0) is 18.6. The number of benzene rings is 1. The largest absolute Gasteiger partial charge is 0.444 e. The summed E-state index contributed by atoms with van der Waals surface area (Å²) in [7, 11) is 0. The van der Waals surface area contributed by atoms with Crippen molar-refractivity contribution >= 4 is 35.2 Å². The summed E-state index contributed by atoms with van der Waals surface area (Å²) in [5.41, 5.74) is -0.0381. The zero-order valence-electron chi connectivity index (χ0n) is 14.8. The van der Waals surface area contributed by atoms with Crippen LogP contribution in [0.5, 0.6) is 0 Å². The first-order valence-corrected chi connectivity index (χ1v) is 9.12. The molecule has 0 spiro atoms. The van der Waals surface area contributed by atoms with E-state index >= 15 is 0 Å². The van der Waals surface area contributed by atoms with Crippen LogP contribution in [0, 0.1) is 5.92 Å². The van der Waals surface area contributed by atoms with Crippen molar-refractivity contribution in [1.82, 2.24) is 10.2 Å². The van der Waals surface area contributed by atoms with E-state index in [1.54, 1.807) is 23.1 Å². The molecule has 0 unspecified atom stereocenters. The second-order valence-electron chi connectivity index (χ2n) is 7.28. The number of carbonyl (C=O) groups excluding carboxylic acids is 2. The van der Waals surface area contributed by atoms with Crippen molar-refractivity contribution in [3.05, 3.63) is 33.8 Å². The number of nitrogens with zero attached hydrogens (tertiary/aromatic N) is 1. The van der Waals surface area contributed by atoms with Gasteiger partial charge in [0.15, 0.2) is 0 Å². The third-order valence-electron chi connectivity index (χ3n) is 3.94. The lowest BCUT2D eigenvalue weighted by molar-refractivity contribution is 0.0183. The molecule has 1 aliphatic rings. The van der Waals surface area contributed by atoms with Gasteiger partial charge in [-0.3, -0.25) is 4.79 Å². The van der Waals surface area contributed by atoms with Gasteiger partial charge in [0, 0.05) is 35.2 Å². The number of halogens is 2.